The number of nitrogens with zero attached hydrogens (tertiary/aromatic N) is 1. The second-order valence-electron chi connectivity index (χ2n) is 5.13. The number of aliphatic hydroxyl groups excluding tert-OH is 1. The van der Waals surface area contributed by atoms with E-state index in [0.717, 1.165) is 16.6 Å². The van der Waals surface area contributed by atoms with E-state index in [1.165, 1.54) is 31.4 Å². The molecule has 0 saturated carbocycles. The molecule has 2 unspecified atom stereocenters. The van der Waals surface area contributed by atoms with Crippen molar-refractivity contribution in [3.8, 4) is 0 Å². The number of aliphatic hydroxyl groups is 1. The van der Waals surface area contributed by atoms with Gasteiger partial charge in [-0.1, -0.05) is 28.9 Å². The molecule has 1 aliphatic heterocycles. The molecule has 1 aromatic rings. The molecule has 2 rings (SSSR count). The molecule has 0 spiro atoms. The summed E-state index contributed by atoms with van der Waals surface area (Å²) in [4.78, 5) is 2.48. The lowest BCUT2D eigenvalue weighted by atomic mass is 9.97. The fraction of sp³-hybridized carbons (Fsp3) is 0.600. The standard InChI is InChI=1S/C15H22BrNO/c1-3-13-6-4-5-9-17(13)15-10-12(16)7-8-14(15)11(2)18/h7-8,10-11,13,18H,3-6,9H2,1-2H3. The highest BCUT2D eigenvalue weighted by atomic mass is 79.9. The molecule has 0 radical (unpaired) electrons. The van der Waals surface area contributed by atoms with Gasteiger partial charge in [-0.15, -0.1) is 0 Å². The molecule has 2 atom stereocenters. The Labute approximate surface area is 118 Å². The number of halogens is 1. The van der Waals surface area contributed by atoms with Gasteiger partial charge in [0.15, 0.2) is 0 Å². The Balaban J connectivity index is 2.37. The van der Waals surface area contributed by atoms with E-state index in [1.807, 2.05) is 19.1 Å². The summed E-state index contributed by atoms with van der Waals surface area (Å²) < 4.78 is 1.09. The summed E-state index contributed by atoms with van der Waals surface area (Å²) in [5, 5.41) is 9.94. The first-order valence-electron chi connectivity index (χ1n) is 6.87. The van der Waals surface area contributed by atoms with Gasteiger partial charge in [0, 0.05) is 28.3 Å². The van der Waals surface area contributed by atoms with E-state index in [9.17, 15) is 5.11 Å². The van der Waals surface area contributed by atoms with Gasteiger partial charge in [-0.3, -0.25) is 0 Å². The molecule has 1 aliphatic rings. The highest BCUT2D eigenvalue weighted by Gasteiger charge is 2.24. The van der Waals surface area contributed by atoms with Crippen LogP contribution < -0.4 is 4.90 Å². The van der Waals surface area contributed by atoms with Gasteiger partial charge in [0.2, 0.25) is 0 Å². The Bertz CT molecular complexity index is 405. The van der Waals surface area contributed by atoms with Crippen LogP contribution in [0.2, 0.25) is 0 Å². The van der Waals surface area contributed by atoms with Gasteiger partial charge in [0.05, 0.1) is 6.10 Å². The highest BCUT2D eigenvalue weighted by molar-refractivity contribution is 9.10. The molecule has 1 fully saturated rings. The molecule has 3 heteroatoms. The van der Waals surface area contributed by atoms with Crippen molar-refractivity contribution >= 4 is 21.6 Å². The zero-order valence-corrected chi connectivity index (χ0v) is 12.8. The third-order valence-corrected chi connectivity index (χ3v) is 4.34. The van der Waals surface area contributed by atoms with Gasteiger partial charge < -0.3 is 10.0 Å². The van der Waals surface area contributed by atoms with Gasteiger partial charge >= 0.3 is 0 Å². The summed E-state index contributed by atoms with van der Waals surface area (Å²) in [5.74, 6) is 0. The van der Waals surface area contributed by atoms with E-state index in [-0.39, 0.29) is 0 Å². The Morgan fingerprint density at radius 2 is 2.22 bits per heavy atom. The number of anilines is 1. The van der Waals surface area contributed by atoms with Crippen LogP contribution in [-0.2, 0) is 0 Å². The Hall–Kier alpha value is -0.540. The third-order valence-electron chi connectivity index (χ3n) is 3.85. The van der Waals surface area contributed by atoms with Gasteiger partial charge in [0.25, 0.3) is 0 Å². The summed E-state index contributed by atoms with van der Waals surface area (Å²) in [6.07, 6.45) is 4.61. The quantitative estimate of drug-likeness (QED) is 0.901. The van der Waals surface area contributed by atoms with Gasteiger partial charge in [-0.25, -0.2) is 0 Å². The van der Waals surface area contributed by atoms with Crippen molar-refractivity contribution in [2.24, 2.45) is 0 Å². The van der Waals surface area contributed by atoms with Crippen molar-refractivity contribution in [3.05, 3.63) is 28.2 Å². The van der Waals surface area contributed by atoms with E-state index in [2.05, 4.69) is 33.8 Å². The number of hydrogen-bond donors (Lipinski definition) is 1. The maximum atomic E-state index is 9.94. The molecule has 1 heterocycles. The van der Waals surface area contributed by atoms with Crippen molar-refractivity contribution in [1.29, 1.82) is 0 Å². The molecule has 1 aromatic carbocycles. The monoisotopic (exact) mass is 311 g/mol. The van der Waals surface area contributed by atoms with Crippen LogP contribution in [0.1, 0.15) is 51.2 Å². The molecule has 0 aromatic heterocycles. The summed E-state index contributed by atoms with van der Waals surface area (Å²) in [7, 11) is 0. The van der Waals surface area contributed by atoms with E-state index >= 15 is 0 Å². The van der Waals surface area contributed by atoms with Crippen LogP contribution in [0.3, 0.4) is 0 Å². The fourth-order valence-electron chi connectivity index (χ4n) is 2.86. The van der Waals surface area contributed by atoms with Crippen LogP contribution in [0.4, 0.5) is 5.69 Å². The maximum Gasteiger partial charge on any atom is 0.0782 e. The fourth-order valence-corrected chi connectivity index (χ4v) is 3.21. The van der Waals surface area contributed by atoms with E-state index in [4.69, 9.17) is 0 Å². The largest absolute Gasteiger partial charge is 0.389 e. The average molecular weight is 312 g/mol. The van der Waals surface area contributed by atoms with E-state index in [1.54, 1.807) is 0 Å². The van der Waals surface area contributed by atoms with E-state index in [0.29, 0.717) is 6.04 Å². The molecule has 0 amide bonds. The van der Waals surface area contributed by atoms with Gasteiger partial charge in [-0.2, -0.15) is 0 Å². The maximum absolute atomic E-state index is 9.94. The second kappa shape index (κ2) is 6.07. The number of rotatable bonds is 3. The minimum Gasteiger partial charge on any atom is -0.389 e. The predicted molar refractivity (Wildman–Crippen MR) is 80.1 cm³/mol. The summed E-state index contributed by atoms with van der Waals surface area (Å²) in [6, 6.07) is 6.81. The lowest BCUT2D eigenvalue weighted by Crippen LogP contribution is -2.39. The van der Waals surface area contributed by atoms with Crippen LogP contribution >= 0.6 is 15.9 Å². The van der Waals surface area contributed by atoms with Crippen LogP contribution in [0.5, 0.6) is 0 Å². The van der Waals surface area contributed by atoms with Gasteiger partial charge in [0.1, 0.15) is 0 Å². The minimum absolute atomic E-state index is 0.410. The smallest absolute Gasteiger partial charge is 0.0782 e. The molecule has 18 heavy (non-hydrogen) atoms. The molecular formula is C15H22BrNO. The van der Waals surface area contributed by atoms with Crippen molar-refractivity contribution in [1.82, 2.24) is 0 Å². The molecule has 0 aliphatic carbocycles. The van der Waals surface area contributed by atoms with Crippen molar-refractivity contribution in [2.45, 2.75) is 51.7 Å². The van der Waals surface area contributed by atoms with Crippen molar-refractivity contribution in [3.63, 3.8) is 0 Å². The van der Waals surface area contributed by atoms with E-state index < -0.39 is 6.10 Å². The number of benzene rings is 1. The van der Waals surface area contributed by atoms with Crippen LogP contribution in [0, 0.1) is 0 Å². The highest BCUT2D eigenvalue weighted by Crippen LogP contribution is 2.34. The Morgan fingerprint density at radius 3 is 2.89 bits per heavy atom. The second-order valence-corrected chi connectivity index (χ2v) is 6.05. The zero-order chi connectivity index (χ0) is 13.1. The van der Waals surface area contributed by atoms with Crippen molar-refractivity contribution in [2.75, 3.05) is 11.4 Å². The first kappa shape index (κ1) is 13.9. The Kier molecular flexibility index (Phi) is 4.68. The van der Waals surface area contributed by atoms with Crippen LogP contribution in [0.15, 0.2) is 22.7 Å². The Morgan fingerprint density at radius 1 is 1.44 bits per heavy atom. The summed E-state index contributed by atoms with van der Waals surface area (Å²) in [5.41, 5.74) is 2.24. The summed E-state index contributed by atoms with van der Waals surface area (Å²) >= 11 is 3.55. The lowest BCUT2D eigenvalue weighted by Gasteiger charge is -2.38. The van der Waals surface area contributed by atoms with Crippen molar-refractivity contribution < 1.29 is 5.11 Å². The van der Waals surface area contributed by atoms with Gasteiger partial charge in [-0.05, 0) is 44.7 Å². The lowest BCUT2D eigenvalue weighted by molar-refractivity contribution is 0.199. The minimum atomic E-state index is -0.410. The molecule has 1 N–H and O–H groups in total. The average Bonchev–Trinajstić information content (AvgIpc) is 2.38. The SMILES string of the molecule is CCC1CCCCN1c1cc(Br)ccc1C(C)O. The molecule has 1 saturated heterocycles. The zero-order valence-electron chi connectivity index (χ0n) is 11.2. The molecule has 100 valence electrons. The first-order valence-corrected chi connectivity index (χ1v) is 7.67. The van der Waals surface area contributed by atoms with Crippen LogP contribution in [-0.4, -0.2) is 17.7 Å². The molecular weight excluding hydrogens is 290 g/mol. The normalized spacial score (nSPS) is 22.0. The number of piperidine rings is 1. The predicted octanol–water partition coefficient (Wildman–Crippen LogP) is 4.27. The summed E-state index contributed by atoms with van der Waals surface area (Å²) in [6.45, 7) is 5.20. The first-order chi connectivity index (χ1) is 8.63. The topological polar surface area (TPSA) is 23.5 Å². The molecule has 2 nitrogen and oxygen atoms in total. The third kappa shape index (κ3) is 2.89. The van der Waals surface area contributed by atoms with Crippen LogP contribution in [0.25, 0.3) is 0 Å². The number of hydrogen-bond acceptors (Lipinski definition) is 2. The molecule has 0 bridgehead atoms.